The lowest BCUT2D eigenvalue weighted by Gasteiger charge is -2.15. The highest BCUT2D eigenvalue weighted by Crippen LogP contribution is 2.32. The van der Waals surface area contributed by atoms with Crippen molar-refractivity contribution < 1.29 is 4.74 Å². The van der Waals surface area contributed by atoms with Gasteiger partial charge in [-0.1, -0.05) is 83.2 Å². The van der Waals surface area contributed by atoms with E-state index in [0.717, 1.165) is 16.5 Å². The van der Waals surface area contributed by atoms with Crippen molar-refractivity contribution in [3.05, 3.63) is 101 Å². The monoisotopic (exact) mass is 402 g/mol. The van der Waals surface area contributed by atoms with Gasteiger partial charge in [0.1, 0.15) is 5.76 Å². The number of hydrogen-bond acceptors (Lipinski definition) is 1. The second kappa shape index (κ2) is 6.97. The van der Waals surface area contributed by atoms with Crippen molar-refractivity contribution in [1.82, 2.24) is 0 Å². The summed E-state index contributed by atoms with van der Waals surface area (Å²) in [6.07, 6.45) is 0.830. The summed E-state index contributed by atoms with van der Waals surface area (Å²) in [5, 5.41) is 5.16. The molecule has 2 heteroatoms. The van der Waals surface area contributed by atoms with Crippen molar-refractivity contribution in [2.24, 2.45) is 0 Å². The summed E-state index contributed by atoms with van der Waals surface area (Å²) in [7, 11) is 1.67. The average molecular weight is 403 g/mol. The predicted octanol–water partition coefficient (Wildman–Crippen LogP) is 6.96. The van der Waals surface area contributed by atoms with E-state index in [0.29, 0.717) is 5.76 Å². The quantitative estimate of drug-likeness (QED) is 0.264. The van der Waals surface area contributed by atoms with Crippen LogP contribution in [0.5, 0.6) is 0 Å². The molecule has 0 heterocycles. The maximum Gasteiger partial charge on any atom is 0.119 e. The third kappa shape index (κ3) is 3.02. The van der Waals surface area contributed by atoms with Gasteiger partial charge < -0.3 is 4.74 Å². The number of fused-ring (bicyclic) bond motifs is 3. The number of hydrogen-bond donors (Lipinski definition) is 0. The summed E-state index contributed by atoms with van der Waals surface area (Å²) < 4.78 is 6.44. The molecule has 0 saturated heterocycles. The fourth-order valence-electron chi connectivity index (χ4n) is 3.56. The van der Waals surface area contributed by atoms with Crippen LogP contribution in [0.25, 0.3) is 27.3 Å². The molecular weight excluding hydrogens is 384 g/mol. The molecule has 0 aliphatic heterocycles. The third-order valence-electron chi connectivity index (χ3n) is 4.85. The highest BCUT2D eigenvalue weighted by molar-refractivity contribution is 9.10. The van der Waals surface area contributed by atoms with Crippen molar-refractivity contribution >= 4 is 43.2 Å². The van der Waals surface area contributed by atoms with Crippen molar-refractivity contribution in [2.75, 3.05) is 7.11 Å². The van der Waals surface area contributed by atoms with Crippen LogP contribution in [-0.2, 0) is 11.2 Å². The first-order chi connectivity index (χ1) is 12.7. The van der Waals surface area contributed by atoms with Gasteiger partial charge in [0.25, 0.3) is 0 Å². The summed E-state index contributed by atoms with van der Waals surface area (Å²) in [5.74, 6) is 0.686. The molecule has 0 radical (unpaired) electrons. The molecule has 26 heavy (non-hydrogen) atoms. The Labute approximate surface area is 162 Å². The van der Waals surface area contributed by atoms with Crippen LogP contribution in [0.1, 0.15) is 16.7 Å². The Morgan fingerprint density at radius 2 is 1.54 bits per heavy atom. The lowest BCUT2D eigenvalue weighted by Crippen LogP contribution is -1.98. The average Bonchev–Trinajstić information content (AvgIpc) is 2.69. The second-order valence-corrected chi connectivity index (χ2v) is 7.32. The first-order valence-electron chi connectivity index (χ1n) is 8.58. The van der Waals surface area contributed by atoms with Gasteiger partial charge in [-0.2, -0.15) is 0 Å². The molecule has 0 saturated carbocycles. The van der Waals surface area contributed by atoms with Gasteiger partial charge in [-0.3, -0.25) is 0 Å². The Morgan fingerprint density at radius 1 is 0.846 bits per heavy atom. The Morgan fingerprint density at radius 3 is 2.31 bits per heavy atom. The normalized spacial score (nSPS) is 11.0. The van der Waals surface area contributed by atoms with E-state index in [1.165, 1.54) is 32.7 Å². The van der Waals surface area contributed by atoms with E-state index in [-0.39, 0.29) is 0 Å². The zero-order chi connectivity index (χ0) is 18.1. The van der Waals surface area contributed by atoms with Crippen LogP contribution in [-0.4, -0.2) is 7.11 Å². The van der Waals surface area contributed by atoms with E-state index in [2.05, 4.69) is 95.3 Å². The summed E-state index contributed by atoms with van der Waals surface area (Å²) in [6, 6.07) is 25.8. The van der Waals surface area contributed by atoms with Gasteiger partial charge in [-0.15, -0.1) is 0 Å². The molecule has 128 valence electrons. The highest BCUT2D eigenvalue weighted by Gasteiger charge is 2.12. The molecule has 4 rings (SSSR count). The van der Waals surface area contributed by atoms with Gasteiger partial charge in [0.15, 0.2) is 0 Å². The minimum Gasteiger partial charge on any atom is -0.497 e. The molecule has 0 amide bonds. The van der Waals surface area contributed by atoms with Crippen LogP contribution in [0.3, 0.4) is 0 Å². The van der Waals surface area contributed by atoms with Crippen molar-refractivity contribution in [1.29, 1.82) is 0 Å². The first kappa shape index (κ1) is 16.9. The summed E-state index contributed by atoms with van der Waals surface area (Å²) in [5.41, 5.74) is 3.56. The van der Waals surface area contributed by atoms with Crippen molar-refractivity contribution in [3.63, 3.8) is 0 Å². The molecule has 0 aliphatic carbocycles. The fourth-order valence-corrected chi connectivity index (χ4v) is 3.92. The first-order valence-corrected chi connectivity index (χ1v) is 9.38. The zero-order valence-electron chi connectivity index (χ0n) is 14.6. The topological polar surface area (TPSA) is 9.23 Å². The smallest absolute Gasteiger partial charge is 0.119 e. The lowest BCUT2D eigenvalue weighted by molar-refractivity contribution is 0.371. The van der Waals surface area contributed by atoms with Crippen LogP contribution in [0, 0.1) is 0 Å². The molecule has 0 aromatic heterocycles. The Kier molecular flexibility index (Phi) is 4.52. The van der Waals surface area contributed by atoms with E-state index >= 15 is 0 Å². The van der Waals surface area contributed by atoms with Crippen LogP contribution in [0.4, 0.5) is 0 Å². The molecule has 0 atom stereocenters. The minimum atomic E-state index is 0.686. The number of rotatable bonds is 4. The van der Waals surface area contributed by atoms with Crippen LogP contribution < -0.4 is 0 Å². The molecule has 0 N–H and O–H groups in total. The SMILES string of the molecule is C=C(OC)c1cc(Br)ccc1Cc1cc2ccccc2c2ccccc12. The molecule has 0 spiro atoms. The molecule has 1 nitrogen and oxygen atoms in total. The van der Waals surface area contributed by atoms with E-state index < -0.39 is 0 Å². The maximum atomic E-state index is 5.41. The molecule has 4 aromatic carbocycles. The lowest BCUT2D eigenvalue weighted by atomic mass is 9.92. The van der Waals surface area contributed by atoms with Gasteiger partial charge in [0.2, 0.25) is 0 Å². The number of methoxy groups -OCH3 is 1. The Hall–Kier alpha value is -2.58. The summed E-state index contributed by atoms with van der Waals surface area (Å²) in [4.78, 5) is 0. The van der Waals surface area contributed by atoms with Gasteiger partial charge >= 0.3 is 0 Å². The molecule has 4 aromatic rings. The molecule has 0 unspecified atom stereocenters. The van der Waals surface area contributed by atoms with Crippen molar-refractivity contribution in [3.8, 4) is 0 Å². The second-order valence-electron chi connectivity index (χ2n) is 6.41. The number of halogens is 1. The minimum absolute atomic E-state index is 0.686. The van der Waals surface area contributed by atoms with Gasteiger partial charge in [0, 0.05) is 10.0 Å². The van der Waals surface area contributed by atoms with E-state index in [1.807, 2.05) is 0 Å². The third-order valence-corrected chi connectivity index (χ3v) is 5.35. The molecular formula is C24H19BrO. The van der Waals surface area contributed by atoms with Crippen LogP contribution in [0.2, 0.25) is 0 Å². The Balaban J connectivity index is 1.92. The fraction of sp³-hybridized carbons (Fsp3) is 0.0833. The summed E-state index contributed by atoms with van der Waals surface area (Å²) in [6.45, 7) is 4.06. The van der Waals surface area contributed by atoms with Crippen LogP contribution in [0.15, 0.2) is 83.8 Å². The molecule has 0 bridgehead atoms. The van der Waals surface area contributed by atoms with Crippen LogP contribution >= 0.6 is 15.9 Å². The number of ether oxygens (including phenoxy) is 1. The summed E-state index contributed by atoms with van der Waals surface area (Å²) >= 11 is 3.55. The maximum absolute atomic E-state index is 5.41. The predicted molar refractivity (Wildman–Crippen MR) is 114 cm³/mol. The Bertz CT molecular complexity index is 1130. The molecule has 0 fully saturated rings. The molecule has 0 aliphatic rings. The van der Waals surface area contributed by atoms with Gasteiger partial charge in [-0.05, 0) is 51.2 Å². The van der Waals surface area contributed by atoms with E-state index in [9.17, 15) is 0 Å². The zero-order valence-corrected chi connectivity index (χ0v) is 16.2. The van der Waals surface area contributed by atoms with Gasteiger partial charge in [0.05, 0.1) is 7.11 Å². The standard InChI is InChI=1S/C24H19BrO/c1-16(26-2)24-15-20(25)12-11-18(24)14-19-13-17-7-3-4-8-21(17)23-10-6-5-9-22(19)23/h3-13,15H,1,14H2,2H3. The highest BCUT2D eigenvalue weighted by atomic mass is 79.9. The van der Waals surface area contributed by atoms with E-state index in [4.69, 9.17) is 4.74 Å². The number of benzene rings is 4. The van der Waals surface area contributed by atoms with Gasteiger partial charge in [-0.25, -0.2) is 0 Å². The van der Waals surface area contributed by atoms with E-state index in [1.54, 1.807) is 7.11 Å². The van der Waals surface area contributed by atoms with Crippen molar-refractivity contribution in [2.45, 2.75) is 6.42 Å². The largest absolute Gasteiger partial charge is 0.497 e.